The van der Waals surface area contributed by atoms with Crippen molar-refractivity contribution in [1.29, 1.82) is 0 Å². The van der Waals surface area contributed by atoms with E-state index in [0.29, 0.717) is 13.1 Å². The van der Waals surface area contributed by atoms with Crippen molar-refractivity contribution in [2.45, 2.75) is 25.8 Å². The summed E-state index contributed by atoms with van der Waals surface area (Å²) >= 11 is 0. The molecule has 1 N–H and O–H groups in total. The summed E-state index contributed by atoms with van der Waals surface area (Å²) in [5, 5.41) is 2.82. The minimum atomic E-state index is -0.215. The highest BCUT2D eigenvalue weighted by molar-refractivity contribution is 5.96. The molecule has 0 bridgehead atoms. The van der Waals surface area contributed by atoms with Crippen LogP contribution in [0.15, 0.2) is 60.7 Å². The van der Waals surface area contributed by atoms with Gasteiger partial charge in [-0.3, -0.25) is 9.59 Å². The Morgan fingerprint density at radius 1 is 0.917 bits per heavy atom. The van der Waals surface area contributed by atoms with Gasteiger partial charge in [-0.1, -0.05) is 60.7 Å². The fraction of sp³-hybridized carbons (Fsp3) is 0.300. The van der Waals surface area contributed by atoms with E-state index in [9.17, 15) is 9.59 Å². The number of hydrogen-bond donors (Lipinski definition) is 1. The van der Waals surface area contributed by atoms with E-state index in [1.165, 1.54) is 5.56 Å². The molecular weight excluding hydrogens is 300 g/mol. The van der Waals surface area contributed by atoms with E-state index in [1.54, 1.807) is 11.9 Å². The molecule has 0 heterocycles. The molecular formula is C20H24N2O2. The summed E-state index contributed by atoms with van der Waals surface area (Å²) in [6.07, 6.45) is 1.68. The molecule has 0 fully saturated rings. The van der Waals surface area contributed by atoms with Crippen LogP contribution in [0.4, 0.5) is 0 Å². The Hall–Kier alpha value is -2.62. The summed E-state index contributed by atoms with van der Waals surface area (Å²) in [6, 6.07) is 19.9. The average molecular weight is 324 g/mol. The van der Waals surface area contributed by atoms with Crippen molar-refractivity contribution in [2.75, 3.05) is 13.6 Å². The number of nitrogens with zero attached hydrogens (tertiary/aromatic N) is 1. The van der Waals surface area contributed by atoms with Gasteiger partial charge in [0.25, 0.3) is 0 Å². The van der Waals surface area contributed by atoms with Gasteiger partial charge in [0.2, 0.25) is 11.8 Å². The first kappa shape index (κ1) is 17.7. The van der Waals surface area contributed by atoms with Gasteiger partial charge in [-0.25, -0.2) is 0 Å². The molecule has 0 atom stereocenters. The minimum absolute atomic E-state index is 0.103. The summed E-state index contributed by atoms with van der Waals surface area (Å²) in [4.78, 5) is 25.5. The van der Waals surface area contributed by atoms with Crippen LogP contribution in [0.3, 0.4) is 0 Å². The van der Waals surface area contributed by atoms with Crippen LogP contribution in [-0.4, -0.2) is 30.3 Å². The number of hydrogen-bond acceptors (Lipinski definition) is 2. The van der Waals surface area contributed by atoms with E-state index >= 15 is 0 Å². The summed E-state index contributed by atoms with van der Waals surface area (Å²) in [7, 11) is 1.72. The van der Waals surface area contributed by atoms with Crippen LogP contribution < -0.4 is 5.32 Å². The van der Waals surface area contributed by atoms with Crippen molar-refractivity contribution < 1.29 is 9.59 Å². The molecule has 0 aliphatic heterocycles. The highest BCUT2D eigenvalue weighted by Crippen LogP contribution is 2.04. The molecule has 0 aromatic heterocycles. The summed E-state index contributed by atoms with van der Waals surface area (Å²) in [5.41, 5.74) is 2.31. The van der Waals surface area contributed by atoms with Crippen molar-refractivity contribution in [3.63, 3.8) is 0 Å². The fourth-order valence-corrected chi connectivity index (χ4v) is 2.45. The zero-order chi connectivity index (χ0) is 17.2. The number of aryl methyl sites for hydroxylation is 1. The molecule has 24 heavy (non-hydrogen) atoms. The zero-order valence-corrected chi connectivity index (χ0v) is 14.1. The highest BCUT2D eigenvalue weighted by atomic mass is 16.2. The van der Waals surface area contributed by atoms with Crippen LogP contribution in [0.1, 0.15) is 24.0 Å². The van der Waals surface area contributed by atoms with Crippen molar-refractivity contribution >= 4 is 11.8 Å². The Balaban J connectivity index is 1.65. The third kappa shape index (κ3) is 6.24. The maximum atomic E-state index is 12.1. The number of benzene rings is 2. The fourth-order valence-electron chi connectivity index (χ4n) is 2.45. The maximum absolute atomic E-state index is 12.1. The van der Waals surface area contributed by atoms with Gasteiger partial charge < -0.3 is 10.2 Å². The van der Waals surface area contributed by atoms with E-state index in [0.717, 1.165) is 18.4 Å². The van der Waals surface area contributed by atoms with Gasteiger partial charge in [-0.2, -0.15) is 0 Å². The van der Waals surface area contributed by atoms with E-state index in [2.05, 4.69) is 17.4 Å². The Labute approximate surface area is 143 Å². The first-order valence-corrected chi connectivity index (χ1v) is 8.23. The predicted molar refractivity (Wildman–Crippen MR) is 95.3 cm³/mol. The number of carbonyl (C=O) groups is 2. The largest absolute Gasteiger partial charge is 0.356 e. The number of amides is 2. The smallest absolute Gasteiger partial charge is 0.232 e. The molecule has 2 amide bonds. The van der Waals surface area contributed by atoms with Gasteiger partial charge in [-0.15, -0.1) is 0 Å². The topological polar surface area (TPSA) is 49.4 Å². The summed E-state index contributed by atoms with van der Waals surface area (Å²) in [5.74, 6) is -0.382. The van der Waals surface area contributed by atoms with Crippen molar-refractivity contribution in [3.8, 4) is 0 Å². The summed E-state index contributed by atoms with van der Waals surface area (Å²) in [6.45, 7) is 1.10. The molecule has 4 nitrogen and oxygen atoms in total. The Kier molecular flexibility index (Phi) is 7.02. The molecule has 0 aliphatic carbocycles. The molecule has 0 saturated carbocycles. The minimum Gasteiger partial charge on any atom is -0.356 e. The van der Waals surface area contributed by atoms with Gasteiger partial charge >= 0.3 is 0 Å². The van der Waals surface area contributed by atoms with Crippen LogP contribution in [-0.2, 0) is 22.6 Å². The summed E-state index contributed by atoms with van der Waals surface area (Å²) < 4.78 is 0. The molecule has 0 radical (unpaired) electrons. The van der Waals surface area contributed by atoms with Crippen LogP contribution in [0, 0.1) is 0 Å². The molecule has 2 rings (SSSR count). The maximum Gasteiger partial charge on any atom is 0.232 e. The quantitative estimate of drug-likeness (QED) is 0.599. The second kappa shape index (κ2) is 9.50. The number of nitrogens with one attached hydrogen (secondary N) is 1. The van der Waals surface area contributed by atoms with Crippen LogP contribution in [0.5, 0.6) is 0 Å². The number of carbonyl (C=O) groups excluding carboxylic acids is 2. The lowest BCUT2D eigenvalue weighted by Gasteiger charge is -2.17. The Morgan fingerprint density at radius 2 is 1.50 bits per heavy atom. The Morgan fingerprint density at radius 3 is 2.12 bits per heavy atom. The lowest BCUT2D eigenvalue weighted by Crippen LogP contribution is -2.33. The van der Waals surface area contributed by atoms with Crippen molar-refractivity contribution in [1.82, 2.24) is 10.2 Å². The first-order chi connectivity index (χ1) is 11.6. The molecule has 2 aromatic carbocycles. The SMILES string of the molecule is CN(Cc1ccccc1)C(=O)CC(=O)NCCCc1ccccc1. The third-order valence-electron chi connectivity index (χ3n) is 3.81. The van der Waals surface area contributed by atoms with E-state index in [1.807, 2.05) is 48.5 Å². The van der Waals surface area contributed by atoms with Crippen LogP contribution >= 0.6 is 0 Å². The number of rotatable bonds is 8. The second-order valence-electron chi connectivity index (χ2n) is 5.85. The van der Waals surface area contributed by atoms with Gasteiger partial charge in [0, 0.05) is 20.1 Å². The van der Waals surface area contributed by atoms with Gasteiger partial charge in [0.1, 0.15) is 6.42 Å². The van der Waals surface area contributed by atoms with E-state index in [4.69, 9.17) is 0 Å². The lowest BCUT2D eigenvalue weighted by molar-refractivity contribution is -0.135. The molecule has 0 aliphatic rings. The van der Waals surface area contributed by atoms with Crippen LogP contribution in [0.25, 0.3) is 0 Å². The lowest BCUT2D eigenvalue weighted by atomic mass is 10.1. The zero-order valence-electron chi connectivity index (χ0n) is 14.1. The molecule has 0 saturated heterocycles. The first-order valence-electron chi connectivity index (χ1n) is 8.23. The van der Waals surface area contributed by atoms with Gasteiger partial charge in [0.05, 0.1) is 0 Å². The predicted octanol–water partition coefficient (Wildman–Crippen LogP) is 2.78. The standard InChI is InChI=1S/C20H24N2O2/c1-22(16-18-11-6-3-7-12-18)20(24)15-19(23)21-14-8-13-17-9-4-2-5-10-17/h2-7,9-12H,8,13-16H2,1H3,(H,21,23). The monoisotopic (exact) mass is 324 g/mol. The average Bonchev–Trinajstić information content (AvgIpc) is 2.60. The van der Waals surface area contributed by atoms with Gasteiger partial charge in [0.15, 0.2) is 0 Å². The third-order valence-corrected chi connectivity index (χ3v) is 3.81. The van der Waals surface area contributed by atoms with E-state index in [-0.39, 0.29) is 18.2 Å². The van der Waals surface area contributed by atoms with Crippen LogP contribution in [0.2, 0.25) is 0 Å². The second-order valence-corrected chi connectivity index (χ2v) is 5.85. The van der Waals surface area contributed by atoms with Crippen molar-refractivity contribution in [2.24, 2.45) is 0 Å². The van der Waals surface area contributed by atoms with Gasteiger partial charge in [-0.05, 0) is 24.0 Å². The van der Waals surface area contributed by atoms with Crippen molar-refractivity contribution in [3.05, 3.63) is 71.8 Å². The molecule has 126 valence electrons. The molecule has 4 heteroatoms. The van der Waals surface area contributed by atoms with E-state index < -0.39 is 0 Å². The molecule has 0 unspecified atom stereocenters. The molecule has 0 spiro atoms. The molecule has 2 aromatic rings. The Bertz CT molecular complexity index is 641. The normalized spacial score (nSPS) is 10.2. The highest BCUT2D eigenvalue weighted by Gasteiger charge is 2.13.